The number of carbonyl (C=O) groups is 1. The molecule has 0 aliphatic rings. The summed E-state index contributed by atoms with van der Waals surface area (Å²) in [6.45, 7) is 0. The van der Waals surface area contributed by atoms with Gasteiger partial charge in [-0.3, -0.25) is 5.10 Å². The van der Waals surface area contributed by atoms with E-state index in [0.29, 0.717) is 22.2 Å². The predicted octanol–water partition coefficient (Wildman–Crippen LogP) is 2.41. The van der Waals surface area contributed by atoms with Gasteiger partial charge in [0.2, 0.25) is 0 Å². The highest BCUT2D eigenvalue weighted by Gasteiger charge is 2.15. The number of halogens is 1. The summed E-state index contributed by atoms with van der Waals surface area (Å²) in [5.74, 6) is -1.40. The molecule has 2 N–H and O–H groups in total. The molecule has 0 aliphatic carbocycles. The molecule has 0 atom stereocenters. The molecule has 6 heteroatoms. The highest BCUT2D eigenvalue weighted by Crippen LogP contribution is 2.30. The van der Waals surface area contributed by atoms with Gasteiger partial charge in [-0.05, 0) is 12.1 Å². The molecule has 0 saturated heterocycles. The summed E-state index contributed by atoms with van der Waals surface area (Å²) in [5.41, 5.74) is 1.65. The molecule has 1 aromatic carbocycles. The van der Waals surface area contributed by atoms with Gasteiger partial charge in [0.1, 0.15) is 11.5 Å². The number of fused-ring (bicyclic) bond motifs is 1. The van der Waals surface area contributed by atoms with E-state index in [1.165, 1.54) is 12.1 Å². The molecule has 0 amide bonds. The maximum atomic E-state index is 13.8. The molecule has 0 bridgehead atoms. The number of nitrogens with zero attached hydrogens (tertiary/aromatic N) is 2. The lowest BCUT2D eigenvalue weighted by Gasteiger charge is -1.96. The molecule has 3 rings (SSSR count). The van der Waals surface area contributed by atoms with E-state index < -0.39 is 5.97 Å². The second-order valence-electron chi connectivity index (χ2n) is 4.26. The monoisotopic (exact) mass is 259 g/mol. The molecule has 0 fully saturated rings. The van der Waals surface area contributed by atoms with Gasteiger partial charge in [-0.15, -0.1) is 0 Å². The molecule has 2 aromatic heterocycles. The van der Waals surface area contributed by atoms with Crippen molar-refractivity contribution in [3.05, 3.63) is 42.0 Å². The fraction of sp³-hybridized carbons (Fsp3) is 0.0769. The normalized spacial score (nSPS) is 11.1. The largest absolute Gasteiger partial charge is 0.477 e. The molecule has 5 nitrogen and oxygen atoms in total. The Kier molecular flexibility index (Phi) is 2.38. The van der Waals surface area contributed by atoms with Crippen molar-refractivity contribution < 1.29 is 14.3 Å². The Balaban J connectivity index is 2.25. The predicted molar refractivity (Wildman–Crippen MR) is 67.4 cm³/mol. The highest BCUT2D eigenvalue weighted by molar-refractivity contribution is 5.96. The zero-order valence-corrected chi connectivity index (χ0v) is 10.0. The number of carboxylic acids is 1. The number of nitrogens with one attached hydrogen (secondary N) is 1. The van der Waals surface area contributed by atoms with Gasteiger partial charge in [0.15, 0.2) is 0 Å². The summed E-state index contributed by atoms with van der Waals surface area (Å²) in [5, 5.41) is 16.0. The summed E-state index contributed by atoms with van der Waals surface area (Å²) in [7, 11) is 1.74. The van der Waals surface area contributed by atoms with Gasteiger partial charge in [-0.2, -0.15) is 5.10 Å². The quantitative estimate of drug-likeness (QED) is 0.742. The van der Waals surface area contributed by atoms with Crippen molar-refractivity contribution in [3.63, 3.8) is 0 Å². The number of aromatic amines is 1. The summed E-state index contributed by atoms with van der Waals surface area (Å²) >= 11 is 0. The summed E-state index contributed by atoms with van der Waals surface area (Å²) in [6.07, 6.45) is 1.73. The SMILES string of the molecule is Cn1cc(-c2cc(C(=O)O)[nH]n2)c2cccc(F)c21. The molecule has 0 aliphatic heterocycles. The van der Waals surface area contributed by atoms with Crippen LogP contribution in [0.4, 0.5) is 4.39 Å². The van der Waals surface area contributed by atoms with Crippen molar-refractivity contribution in [2.45, 2.75) is 0 Å². The van der Waals surface area contributed by atoms with Crippen LogP contribution < -0.4 is 0 Å². The number of rotatable bonds is 2. The van der Waals surface area contributed by atoms with Crippen LogP contribution in [0.5, 0.6) is 0 Å². The minimum Gasteiger partial charge on any atom is -0.477 e. The van der Waals surface area contributed by atoms with Gasteiger partial charge in [-0.25, -0.2) is 9.18 Å². The van der Waals surface area contributed by atoms with E-state index in [0.717, 1.165) is 0 Å². The Hall–Kier alpha value is -2.63. The first-order chi connectivity index (χ1) is 9.08. The van der Waals surface area contributed by atoms with Gasteiger partial charge in [0.25, 0.3) is 0 Å². The van der Waals surface area contributed by atoms with E-state index in [-0.39, 0.29) is 11.5 Å². The van der Waals surface area contributed by atoms with Gasteiger partial charge in [-0.1, -0.05) is 12.1 Å². The van der Waals surface area contributed by atoms with Crippen molar-refractivity contribution in [1.29, 1.82) is 0 Å². The number of hydrogen-bond acceptors (Lipinski definition) is 2. The Morgan fingerprint density at radius 2 is 2.26 bits per heavy atom. The Morgan fingerprint density at radius 3 is 2.95 bits per heavy atom. The third-order valence-corrected chi connectivity index (χ3v) is 3.04. The fourth-order valence-electron chi connectivity index (χ4n) is 2.19. The van der Waals surface area contributed by atoms with Crippen LogP contribution in [-0.2, 0) is 7.05 Å². The van der Waals surface area contributed by atoms with Crippen molar-refractivity contribution in [1.82, 2.24) is 14.8 Å². The Bertz CT molecular complexity index is 788. The zero-order valence-electron chi connectivity index (χ0n) is 10.0. The topological polar surface area (TPSA) is 70.9 Å². The molecular formula is C13H10FN3O2. The average Bonchev–Trinajstić information content (AvgIpc) is 2.95. The first-order valence-electron chi connectivity index (χ1n) is 5.60. The van der Waals surface area contributed by atoms with Crippen LogP contribution in [0.3, 0.4) is 0 Å². The lowest BCUT2D eigenvalue weighted by atomic mass is 10.1. The Morgan fingerprint density at radius 1 is 1.47 bits per heavy atom. The van der Waals surface area contributed by atoms with Crippen molar-refractivity contribution in [2.24, 2.45) is 7.05 Å². The van der Waals surface area contributed by atoms with E-state index >= 15 is 0 Å². The molecule has 0 saturated carbocycles. The number of H-pyrrole nitrogens is 1. The number of para-hydroxylation sites is 1. The van der Waals surface area contributed by atoms with Gasteiger partial charge in [0, 0.05) is 24.2 Å². The van der Waals surface area contributed by atoms with E-state index in [1.54, 1.807) is 29.9 Å². The molecule has 19 heavy (non-hydrogen) atoms. The third kappa shape index (κ3) is 1.69. The summed E-state index contributed by atoms with van der Waals surface area (Å²) < 4.78 is 15.4. The smallest absolute Gasteiger partial charge is 0.353 e. The zero-order chi connectivity index (χ0) is 13.6. The van der Waals surface area contributed by atoms with Gasteiger partial charge in [0.05, 0.1) is 11.2 Å². The van der Waals surface area contributed by atoms with E-state index in [9.17, 15) is 9.18 Å². The summed E-state index contributed by atoms with van der Waals surface area (Å²) in [6, 6.07) is 6.22. The standard InChI is InChI=1S/C13H10FN3O2/c1-17-6-8(7-3-2-4-9(14)12(7)17)10-5-11(13(18)19)16-15-10/h2-6H,1H3,(H,15,16)(H,18,19). The number of carboxylic acid groups (broad SMARTS) is 1. The van der Waals surface area contributed by atoms with Crippen LogP contribution in [0.2, 0.25) is 0 Å². The fourth-order valence-corrected chi connectivity index (χ4v) is 2.19. The second kappa shape index (κ2) is 3.94. The maximum Gasteiger partial charge on any atom is 0.353 e. The highest BCUT2D eigenvalue weighted by atomic mass is 19.1. The van der Waals surface area contributed by atoms with Crippen LogP contribution in [0.1, 0.15) is 10.5 Å². The van der Waals surface area contributed by atoms with Gasteiger partial charge >= 0.3 is 5.97 Å². The minimum atomic E-state index is -1.08. The number of aromatic nitrogens is 3. The molecule has 2 heterocycles. The van der Waals surface area contributed by atoms with Crippen LogP contribution in [0.15, 0.2) is 30.5 Å². The minimum absolute atomic E-state index is 0.00315. The lowest BCUT2D eigenvalue weighted by Crippen LogP contribution is -1.95. The van der Waals surface area contributed by atoms with Crippen LogP contribution >= 0.6 is 0 Å². The second-order valence-corrected chi connectivity index (χ2v) is 4.26. The number of benzene rings is 1. The number of aromatic carboxylic acids is 1. The lowest BCUT2D eigenvalue weighted by molar-refractivity contribution is 0.0690. The molecular weight excluding hydrogens is 249 g/mol. The van der Waals surface area contributed by atoms with Gasteiger partial charge < -0.3 is 9.67 Å². The molecule has 96 valence electrons. The molecule has 0 spiro atoms. The van der Waals surface area contributed by atoms with E-state index in [2.05, 4.69) is 10.2 Å². The van der Waals surface area contributed by atoms with Crippen LogP contribution in [-0.4, -0.2) is 25.8 Å². The van der Waals surface area contributed by atoms with E-state index in [1.807, 2.05) is 0 Å². The molecule has 0 radical (unpaired) electrons. The van der Waals surface area contributed by atoms with E-state index in [4.69, 9.17) is 5.11 Å². The first kappa shape index (κ1) is 11.5. The van der Waals surface area contributed by atoms with Crippen LogP contribution in [0.25, 0.3) is 22.2 Å². The number of hydrogen-bond donors (Lipinski definition) is 2. The average molecular weight is 259 g/mol. The third-order valence-electron chi connectivity index (χ3n) is 3.04. The maximum absolute atomic E-state index is 13.8. The van der Waals surface area contributed by atoms with Crippen molar-refractivity contribution >= 4 is 16.9 Å². The molecule has 0 unspecified atom stereocenters. The van der Waals surface area contributed by atoms with Crippen molar-refractivity contribution in [2.75, 3.05) is 0 Å². The number of aryl methyl sites for hydroxylation is 1. The first-order valence-corrected chi connectivity index (χ1v) is 5.60. The summed E-state index contributed by atoms with van der Waals surface area (Å²) in [4.78, 5) is 10.8. The molecule has 3 aromatic rings. The Labute approximate surface area is 107 Å². The van der Waals surface area contributed by atoms with Crippen molar-refractivity contribution in [3.8, 4) is 11.3 Å². The van der Waals surface area contributed by atoms with Crippen LogP contribution in [0, 0.1) is 5.82 Å².